The molecule has 0 bridgehead atoms. The van der Waals surface area contributed by atoms with Gasteiger partial charge >= 0.3 is 6.01 Å². The quantitative estimate of drug-likeness (QED) is 0.439. The van der Waals surface area contributed by atoms with Crippen LogP contribution in [0, 0.1) is 17.2 Å². The van der Waals surface area contributed by atoms with Crippen LogP contribution in [0.5, 0.6) is 6.01 Å². The molecule has 4 atom stereocenters. The van der Waals surface area contributed by atoms with E-state index in [9.17, 15) is 14.4 Å². The first kappa shape index (κ1) is 28.5. The molecule has 226 valence electrons. The van der Waals surface area contributed by atoms with Gasteiger partial charge in [0.05, 0.1) is 29.8 Å². The van der Waals surface area contributed by atoms with E-state index in [4.69, 9.17) is 26.3 Å². The van der Waals surface area contributed by atoms with Gasteiger partial charge in [0.1, 0.15) is 12.4 Å². The predicted octanol–water partition coefficient (Wildman–Crippen LogP) is 4.78. The third kappa shape index (κ3) is 4.60. The SMILES string of the molecule is C=C(F)C(=O)N1CCN(c2nc(OCC34CCC3CCN4C)nc3c2CC[C@@]2(CCc4c(Cl)cccc42)C3)C[C@@H]1CC#N. The van der Waals surface area contributed by atoms with Gasteiger partial charge in [-0.15, -0.1) is 0 Å². The molecule has 1 aromatic heterocycles. The van der Waals surface area contributed by atoms with Gasteiger partial charge in [-0.25, -0.2) is 4.39 Å². The molecule has 3 aliphatic carbocycles. The molecule has 1 saturated carbocycles. The van der Waals surface area contributed by atoms with E-state index < -0.39 is 17.8 Å². The number of nitrogens with zero attached hydrogens (tertiary/aromatic N) is 6. The number of amides is 1. The summed E-state index contributed by atoms with van der Waals surface area (Å²) in [4.78, 5) is 28.7. The van der Waals surface area contributed by atoms with E-state index in [1.165, 1.54) is 28.9 Å². The molecule has 2 saturated heterocycles. The Morgan fingerprint density at radius 2 is 2.00 bits per heavy atom. The molecule has 3 fully saturated rings. The Balaban J connectivity index is 1.23. The standard InChI is InChI=1S/C33H38ClFN6O2/c1-21(35)30(42)41-17-16-40(19-23(41)9-14-36)29-25-8-12-32(11-7-24-26(32)4-3-5-27(24)34)18-28(25)37-31(38-29)43-20-33-13-6-22(33)10-15-39(33)2/h3-5,22-23H,1,6-13,15-20H2,2H3/t22?,23-,32-,33?/m0/s1. The van der Waals surface area contributed by atoms with Gasteiger partial charge in [-0.2, -0.15) is 15.2 Å². The van der Waals surface area contributed by atoms with Crippen LogP contribution in [0.4, 0.5) is 10.2 Å². The van der Waals surface area contributed by atoms with Crippen LogP contribution in [0.25, 0.3) is 0 Å². The molecule has 0 N–H and O–H groups in total. The van der Waals surface area contributed by atoms with E-state index >= 15 is 0 Å². The number of carbonyl (C=O) groups excluding carboxylic acids is 1. The summed E-state index contributed by atoms with van der Waals surface area (Å²) >= 11 is 6.63. The van der Waals surface area contributed by atoms with Gasteiger partial charge in [0.2, 0.25) is 0 Å². The first-order valence-electron chi connectivity index (χ1n) is 15.5. The highest BCUT2D eigenvalue weighted by Gasteiger charge is 2.54. The number of likely N-dealkylation sites (N-methyl/N-ethyl adjacent to an activating group) is 1. The molecular weight excluding hydrogens is 567 g/mol. The maximum Gasteiger partial charge on any atom is 0.318 e. The number of aromatic nitrogens is 2. The Hall–Kier alpha value is -3.22. The number of piperazine rings is 1. The second kappa shape index (κ2) is 10.7. The maximum atomic E-state index is 13.8. The number of nitriles is 1. The molecular formula is C33H38ClFN6O2. The average Bonchev–Trinajstić information content (AvgIpc) is 3.44. The van der Waals surface area contributed by atoms with E-state index in [-0.39, 0.29) is 23.9 Å². The minimum atomic E-state index is -1.00. The molecule has 5 aliphatic rings. The lowest BCUT2D eigenvalue weighted by Crippen LogP contribution is -2.57. The summed E-state index contributed by atoms with van der Waals surface area (Å²) < 4.78 is 20.3. The summed E-state index contributed by atoms with van der Waals surface area (Å²) in [6.07, 6.45) is 8.25. The van der Waals surface area contributed by atoms with Crippen molar-refractivity contribution in [3.8, 4) is 12.1 Å². The van der Waals surface area contributed by atoms with Crippen LogP contribution in [-0.4, -0.2) is 77.1 Å². The summed E-state index contributed by atoms with van der Waals surface area (Å²) in [7, 11) is 2.19. The summed E-state index contributed by atoms with van der Waals surface area (Å²) in [5.41, 5.74) is 4.75. The first-order valence-corrected chi connectivity index (χ1v) is 15.9. The highest BCUT2D eigenvalue weighted by molar-refractivity contribution is 6.31. The highest BCUT2D eigenvalue weighted by atomic mass is 35.5. The molecule has 1 aromatic carbocycles. The number of likely N-dealkylation sites (tertiary alicyclic amines) is 1. The number of rotatable bonds is 6. The lowest BCUT2D eigenvalue weighted by molar-refractivity contribution is -0.131. The van der Waals surface area contributed by atoms with Crippen molar-refractivity contribution in [2.75, 3.05) is 44.7 Å². The second-order valence-corrected chi connectivity index (χ2v) is 13.6. The highest BCUT2D eigenvalue weighted by Crippen LogP contribution is 2.51. The molecule has 43 heavy (non-hydrogen) atoms. The van der Waals surface area contributed by atoms with Crippen molar-refractivity contribution >= 4 is 23.3 Å². The Kier molecular flexibility index (Phi) is 7.13. The van der Waals surface area contributed by atoms with Gasteiger partial charge in [-0.05, 0) is 88.1 Å². The van der Waals surface area contributed by atoms with Gasteiger partial charge in [0, 0.05) is 35.6 Å². The maximum absolute atomic E-state index is 13.8. The summed E-state index contributed by atoms with van der Waals surface area (Å²) in [6, 6.07) is 8.37. The zero-order valence-electron chi connectivity index (χ0n) is 24.7. The van der Waals surface area contributed by atoms with Crippen LogP contribution < -0.4 is 9.64 Å². The molecule has 2 unspecified atom stereocenters. The van der Waals surface area contributed by atoms with Crippen LogP contribution in [0.3, 0.4) is 0 Å². The van der Waals surface area contributed by atoms with Crippen molar-refractivity contribution in [3.63, 3.8) is 0 Å². The summed E-state index contributed by atoms with van der Waals surface area (Å²) in [6.45, 7) is 5.99. The van der Waals surface area contributed by atoms with Crippen molar-refractivity contribution in [3.05, 3.63) is 58.0 Å². The Bertz CT molecular complexity index is 1520. The fraction of sp³-hybridized carbons (Fsp3) is 0.576. The number of anilines is 1. The van der Waals surface area contributed by atoms with Crippen molar-refractivity contribution in [2.45, 2.75) is 74.8 Å². The molecule has 10 heteroatoms. The molecule has 7 rings (SSSR count). The number of hydrogen-bond acceptors (Lipinski definition) is 7. The fourth-order valence-corrected chi connectivity index (χ4v) is 8.93. The van der Waals surface area contributed by atoms with Crippen LogP contribution in [-0.2, 0) is 29.5 Å². The first-order chi connectivity index (χ1) is 20.7. The fourth-order valence-electron chi connectivity index (χ4n) is 8.66. The topological polar surface area (TPSA) is 85.6 Å². The van der Waals surface area contributed by atoms with E-state index in [1.807, 2.05) is 6.07 Å². The number of ether oxygens (including phenoxy) is 1. The van der Waals surface area contributed by atoms with Crippen molar-refractivity contribution < 1.29 is 13.9 Å². The van der Waals surface area contributed by atoms with Crippen LogP contribution in [0.15, 0.2) is 30.6 Å². The third-order valence-electron chi connectivity index (χ3n) is 11.3. The second-order valence-electron chi connectivity index (χ2n) is 13.2. The van der Waals surface area contributed by atoms with Crippen molar-refractivity contribution in [1.82, 2.24) is 19.8 Å². The normalized spacial score (nSPS) is 29.4. The zero-order valence-corrected chi connectivity index (χ0v) is 25.5. The number of hydrogen-bond donors (Lipinski definition) is 0. The molecule has 2 aromatic rings. The lowest BCUT2D eigenvalue weighted by atomic mass is 9.68. The lowest BCUT2D eigenvalue weighted by Gasteiger charge is -2.48. The van der Waals surface area contributed by atoms with E-state index in [0.717, 1.165) is 67.2 Å². The minimum Gasteiger partial charge on any atom is -0.461 e. The van der Waals surface area contributed by atoms with Gasteiger partial charge in [0.15, 0.2) is 5.83 Å². The van der Waals surface area contributed by atoms with Crippen LogP contribution >= 0.6 is 11.6 Å². The van der Waals surface area contributed by atoms with Crippen LogP contribution in [0.1, 0.15) is 60.9 Å². The Labute approximate surface area is 257 Å². The molecule has 3 heterocycles. The third-order valence-corrected chi connectivity index (χ3v) is 11.6. The average molecular weight is 605 g/mol. The van der Waals surface area contributed by atoms with Crippen LogP contribution in [0.2, 0.25) is 5.02 Å². The largest absolute Gasteiger partial charge is 0.461 e. The zero-order chi connectivity index (χ0) is 29.9. The van der Waals surface area contributed by atoms with Crippen molar-refractivity contribution in [1.29, 1.82) is 5.26 Å². The summed E-state index contributed by atoms with van der Waals surface area (Å²) in [5, 5.41) is 10.4. The van der Waals surface area contributed by atoms with Crippen molar-refractivity contribution in [2.24, 2.45) is 5.92 Å². The number of carbonyl (C=O) groups is 1. The molecule has 2 aliphatic heterocycles. The Morgan fingerprint density at radius 1 is 1.19 bits per heavy atom. The molecule has 8 nitrogen and oxygen atoms in total. The number of halogens is 2. The van der Waals surface area contributed by atoms with Gasteiger partial charge in [-0.3, -0.25) is 9.69 Å². The minimum absolute atomic E-state index is 0.0184. The number of benzene rings is 1. The molecule has 0 radical (unpaired) electrons. The van der Waals surface area contributed by atoms with E-state index in [0.29, 0.717) is 31.6 Å². The molecule has 1 spiro atoms. The van der Waals surface area contributed by atoms with E-state index in [1.54, 1.807) is 0 Å². The van der Waals surface area contributed by atoms with Gasteiger partial charge < -0.3 is 14.5 Å². The number of fused-ring (bicyclic) bond motifs is 4. The smallest absolute Gasteiger partial charge is 0.318 e. The van der Waals surface area contributed by atoms with Gasteiger partial charge in [0.25, 0.3) is 5.91 Å². The summed E-state index contributed by atoms with van der Waals surface area (Å²) in [5.74, 6) is -0.278. The monoisotopic (exact) mass is 604 g/mol. The Morgan fingerprint density at radius 3 is 2.72 bits per heavy atom. The predicted molar refractivity (Wildman–Crippen MR) is 162 cm³/mol. The molecule has 1 amide bonds. The van der Waals surface area contributed by atoms with E-state index in [2.05, 4.69) is 41.6 Å². The van der Waals surface area contributed by atoms with Gasteiger partial charge in [-0.1, -0.05) is 30.3 Å².